The Morgan fingerprint density at radius 2 is 1.61 bits per heavy atom. The number of nitrogens with zero attached hydrogens (tertiary/aromatic N) is 1. The molecule has 2 heterocycles. The molecule has 7 heteroatoms. The zero-order chi connectivity index (χ0) is 22.5. The third kappa shape index (κ3) is 5.44. The largest absolute Gasteiger partial charge is 0.493 e. The maximum absolute atomic E-state index is 13.1. The molecule has 0 bridgehead atoms. The fraction of sp³-hybridized carbons (Fsp3) is 0.708. The van der Waals surface area contributed by atoms with Gasteiger partial charge < -0.3 is 28.9 Å². The third-order valence-electron chi connectivity index (χ3n) is 6.99. The third-order valence-corrected chi connectivity index (χ3v) is 6.99. The number of nitrogens with one attached hydrogen (secondary N) is 2. The lowest BCUT2D eigenvalue weighted by Gasteiger charge is -2.39. The normalized spacial score (nSPS) is 27.5. The molecule has 3 rings (SSSR count). The molecule has 2 fully saturated rings. The molecule has 1 aromatic carbocycles. The molecular formula is C24H41N3O4+2. The van der Waals surface area contributed by atoms with Gasteiger partial charge in [0.25, 0.3) is 5.91 Å². The Hall–Kier alpha value is -1.99. The lowest BCUT2D eigenvalue weighted by Crippen LogP contribution is -3.29. The zero-order valence-corrected chi connectivity index (χ0v) is 20.1. The molecule has 2 aliphatic rings. The van der Waals surface area contributed by atoms with Crippen molar-refractivity contribution >= 4 is 5.91 Å². The van der Waals surface area contributed by atoms with E-state index in [1.54, 1.807) is 21.3 Å². The molecule has 2 aliphatic heterocycles. The van der Waals surface area contributed by atoms with Crippen molar-refractivity contribution in [2.24, 2.45) is 11.8 Å². The van der Waals surface area contributed by atoms with Gasteiger partial charge in [0.1, 0.15) is 32.7 Å². The van der Waals surface area contributed by atoms with Gasteiger partial charge in [-0.2, -0.15) is 0 Å². The second-order valence-corrected chi connectivity index (χ2v) is 9.49. The summed E-state index contributed by atoms with van der Waals surface area (Å²) in [6.45, 7) is 13.4. The number of piperazine rings is 1. The summed E-state index contributed by atoms with van der Waals surface area (Å²) < 4.78 is 16.6. The monoisotopic (exact) mass is 435 g/mol. The van der Waals surface area contributed by atoms with E-state index in [0.29, 0.717) is 29.2 Å². The van der Waals surface area contributed by atoms with Crippen LogP contribution in [0.15, 0.2) is 12.1 Å². The van der Waals surface area contributed by atoms with Crippen LogP contribution in [0.25, 0.3) is 0 Å². The van der Waals surface area contributed by atoms with E-state index >= 15 is 0 Å². The quantitative estimate of drug-likeness (QED) is 0.628. The predicted molar refractivity (Wildman–Crippen MR) is 120 cm³/mol. The first kappa shape index (κ1) is 23.7. The van der Waals surface area contributed by atoms with E-state index in [9.17, 15) is 4.79 Å². The Balaban J connectivity index is 1.58. The smallest absolute Gasteiger partial charge is 0.280 e. The Labute approximate surface area is 187 Å². The SMILES string of the molecule is COc1ccc(C[NH+]2CC[NH+]([C@H](C)C(=O)N3C[C@H](C)C[C@H](C)C3)CC2)c(OC)c1OC. The molecule has 0 spiro atoms. The molecule has 2 saturated heterocycles. The first-order valence-corrected chi connectivity index (χ1v) is 11.6. The van der Waals surface area contributed by atoms with Crippen LogP contribution in [0.2, 0.25) is 0 Å². The van der Waals surface area contributed by atoms with E-state index in [4.69, 9.17) is 14.2 Å². The maximum Gasteiger partial charge on any atom is 0.280 e. The van der Waals surface area contributed by atoms with E-state index < -0.39 is 0 Å². The van der Waals surface area contributed by atoms with Gasteiger partial charge in [0.15, 0.2) is 17.5 Å². The van der Waals surface area contributed by atoms with Gasteiger partial charge in [-0.1, -0.05) is 13.8 Å². The number of piperidine rings is 1. The van der Waals surface area contributed by atoms with Crippen molar-refractivity contribution in [2.45, 2.75) is 39.8 Å². The number of benzene rings is 1. The average molecular weight is 436 g/mol. The minimum Gasteiger partial charge on any atom is -0.493 e. The predicted octanol–water partition coefficient (Wildman–Crippen LogP) is -0.111. The summed E-state index contributed by atoms with van der Waals surface area (Å²) in [5.41, 5.74) is 1.12. The van der Waals surface area contributed by atoms with Crippen molar-refractivity contribution in [1.82, 2.24) is 4.90 Å². The molecule has 0 aromatic heterocycles. The molecule has 0 unspecified atom stereocenters. The minimum absolute atomic E-state index is 0.0367. The Morgan fingerprint density at radius 3 is 2.16 bits per heavy atom. The molecule has 174 valence electrons. The number of rotatable bonds is 7. The Morgan fingerprint density at radius 1 is 1.00 bits per heavy atom. The average Bonchev–Trinajstić information content (AvgIpc) is 2.77. The van der Waals surface area contributed by atoms with E-state index in [1.165, 1.54) is 16.2 Å². The van der Waals surface area contributed by atoms with Crippen LogP contribution in [0.5, 0.6) is 17.2 Å². The fourth-order valence-corrected chi connectivity index (χ4v) is 5.40. The molecule has 0 aliphatic carbocycles. The molecule has 2 N–H and O–H groups in total. The van der Waals surface area contributed by atoms with Crippen molar-refractivity contribution in [3.05, 3.63) is 17.7 Å². The lowest BCUT2D eigenvalue weighted by atomic mass is 9.91. The molecule has 0 radical (unpaired) electrons. The van der Waals surface area contributed by atoms with E-state index in [0.717, 1.165) is 57.1 Å². The van der Waals surface area contributed by atoms with Crippen molar-refractivity contribution in [3.8, 4) is 17.2 Å². The highest BCUT2D eigenvalue weighted by Crippen LogP contribution is 2.39. The first-order valence-electron chi connectivity index (χ1n) is 11.6. The minimum atomic E-state index is 0.0367. The number of hydrogen-bond acceptors (Lipinski definition) is 4. The highest BCUT2D eigenvalue weighted by Gasteiger charge is 2.36. The topological polar surface area (TPSA) is 56.9 Å². The highest BCUT2D eigenvalue weighted by molar-refractivity contribution is 5.80. The number of ether oxygens (including phenoxy) is 3. The highest BCUT2D eigenvalue weighted by atomic mass is 16.5. The van der Waals surface area contributed by atoms with Crippen LogP contribution in [0.3, 0.4) is 0 Å². The summed E-state index contributed by atoms with van der Waals surface area (Å²) in [5.74, 6) is 3.62. The zero-order valence-electron chi connectivity index (χ0n) is 20.1. The van der Waals surface area contributed by atoms with Crippen molar-refractivity contribution in [2.75, 3.05) is 60.6 Å². The van der Waals surface area contributed by atoms with Crippen molar-refractivity contribution < 1.29 is 28.8 Å². The van der Waals surface area contributed by atoms with Crippen molar-refractivity contribution in [3.63, 3.8) is 0 Å². The van der Waals surface area contributed by atoms with Crippen LogP contribution >= 0.6 is 0 Å². The number of hydrogen-bond donors (Lipinski definition) is 2. The number of carbonyl (C=O) groups excluding carboxylic acids is 1. The second-order valence-electron chi connectivity index (χ2n) is 9.49. The summed E-state index contributed by atoms with van der Waals surface area (Å²) >= 11 is 0. The Kier molecular flexibility index (Phi) is 8.06. The van der Waals surface area contributed by atoms with Gasteiger partial charge in [-0.05, 0) is 37.3 Å². The molecule has 1 amide bonds. The lowest BCUT2D eigenvalue weighted by molar-refractivity contribution is -1.02. The second kappa shape index (κ2) is 10.6. The number of methoxy groups -OCH3 is 3. The van der Waals surface area contributed by atoms with Gasteiger partial charge >= 0.3 is 0 Å². The van der Waals surface area contributed by atoms with Gasteiger partial charge in [0.05, 0.1) is 26.9 Å². The van der Waals surface area contributed by atoms with Gasteiger partial charge in [-0.25, -0.2) is 0 Å². The molecule has 7 nitrogen and oxygen atoms in total. The molecule has 3 atom stereocenters. The van der Waals surface area contributed by atoms with E-state index in [1.807, 2.05) is 6.07 Å². The van der Waals surface area contributed by atoms with Crippen LogP contribution in [0, 0.1) is 11.8 Å². The van der Waals surface area contributed by atoms with Crippen molar-refractivity contribution in [1.29, 1.82) is 0 Å². The molecule has 0 saturated carbocycles. The van der Waals surface area contributed by atoms with Crippen LogP contribution < -0.4 is 24.0 Å². The van der Waals surface area contributed by atoms with Gasteiger partial charge in [0, 0.05) is 13.1 Å². The number of amides is 1. The summed E-state index contributed by atoms with van der Waals surface area (Å²) in [6, 6.07) is 4.05. The first-order chi connectivity index (χ1) is 14.9. The fourth-order valence-electron chi connectivity index (χ4n) is 5.40. The summed E-state index contributed by atoms with van der Waals surface area (Å²) in [6.07, 6.45) is 1.23. The standard InChI is InChI=1S/C24H39N3O4/c1-17-13-18(2)15-27(14-17)24(28)19(3)26-11-9-25(10-12-26)16-20-7-8-21(29-4)23(31-6)22(20)30-5/h7-8,17-19H,9-16H2,1-6H3/p+2/t17-,18+,19-/m1/s1. The van der Waals surface area contributed by atoms with Gasteiger partial charge in [-0.3, -0.25) is 4.79 Å². The summed E-state index contributed by atoms with van der Waals surface area (Å²) in [7, 11) is 4.95. The van der Waals surface area contributed by atoms with Crippen LogP contribution in [0.4, 0.5) is 0 Å². The number of quaternary nitrogens is 2. The number of carbonyl (C=O) groups is 1. The van der Waals surface area contributed by atoms with Crippen LogP contribution in [-0.4, -0.2) is 77.4 Å². The maximum atomic E-state index is 13.1. The summed E-state index contributed by atoms with van der Waals surface area (Å²) in [5, 5.41) is 0. The Bertz CT molecular complexity index is 739. The molecular weight excluding hydrogens is 394 g/mol. The molecule has 31 heavy (non-hydrogen) atoms. The van der Waals surface area contributed by atoms with Crippen LogP contribution in [0.1, 0.15) is 32.8 Å². The summed E-state index contributed by atoms with van der Waals surface area (Å²) in [4.78, 5) is 18.2. The van der Waals surface area contributed by atoms with Gasteiger partial charge in [0.2, 0.25) is 5.75 Å². The van der Waals surface area contributed by atoms with Gasteiger partial charge in [-0.15, -0.1) is 0 Å². The molecule has 1 aromatic rings. The van der Waals surface area contributed by atoms with E-state index in [2.05, 4.69) is 31.7 Å². The van der Waals surface area contributed by atoms with E-state index in [-0.39, 0.29) is 6.04 Å². The number of likely N-dealkylation sites (tertiary alicyclic amines) is 1. The van der Waals surface area contributed by atoms with Crippen LogP contribution in [-0.2, 0) is 11.3 Å².